The summed E-state index contributed by atoms with van der Waals surface area (Å²) in [5.41, 5.74) is 5.11. The van der Waals surface area contributed by atoms with Crippen LogP contribution in [0.25, 0.3) is 10.9 Å². The number of hydrogen-bond acceptors (Lipinski definition) is 4. The van der Waals surface area contributed by atoms with E-state index in [2.05, 4.69) is 48.7 Å². The standard InChI is InChI=1S/C27H29IN2O3/c1-16-13-18(28)10-12-21(16)30-24(31)15-33-26(32)25-19-7-5-6-8-22(19)29-23-11-9-17(14-20(23)25)27(2,3)4/h5-8,10,12-13,17H,9,11,14-15H2,1-4H3,(H,30,31)/t17-/m1/s1. The zero-order valence-corrected chi connectivity index (χ0v) is 21.7. The third-order valence-corrected chi connectivity index (χ3v) is 7.16. The minimum Gasteiger partial charge on any atom is -0.452 e. The quantitative estimate of drug-likeness (QED) is 0.312. The van der Waals surface area contributed by atoms with Gasteiger partial charge in [0.25, 0.3) is 5.91 Å². The minimum atomic E-state index is -0.464. The summed E-state index contributed by atoms with van der Waals surface area (Å²) in [5.74, 6) is -0.368. The van der Waals surface area contributed by atoms with Gasteiger partial charge in [-0.1, -0.05) is 39.0 Å². The number of anilines is 1. The van der Waals surface area contributed by atoms with Gasteiger partial charge in [0, 0.05) is 20.3 Å². The van der Waals surface area contributed by atoms with E-state index < -0.39 is 5.97 Å². The molecule has 4 rings (SSSR count). The fourth-order valence-electron chi connectivity index (χ4n) is 4.52. The second-order valence-corrected chi connectivity index (χ2v) is 11.1. The number of aromatic nitrogens is 1. The van der Waals surface area contributed by atoms with Gasteiger partial charge in [0.2, 0.25) is 0 Å². The number of nitrogens with one attached hydrogen (secondary N) is 1. The fourth-order valence-corrected chi connectivity index (χ4v) is 5.16. The highest BCUT2D eigenvalue weighted by atomic mass is 127. The number of nitrogens with zero attached hydrogens (tertiary/aromatic N) is 1. The van der Waals surface area contributed by atoms with Crippen molar-refractivity contribution >= 4 is 51.1 Å². The maximum atomic E-state index is 13.3. The Morgan fingerprint density at radius 2 is 1.94 bits per heavy atom. The number of benzene rings is 2. The molecule has 33 heavy (non-hydrogen) atoms. The van der Waals surface area contributed by atoms with Gasteiger partial charge < -0.3 is 10.1 Å². The normalized spacial score (nSPS) is 15.7. The average molecular weight is 556 g/mol. The predicted molar refractivity (Wildman–Crippen MR) is 140 cm³/mol. The smallest absolute Gasteiger partial charge is 0.339 e. The molecule has 0 fully saturated rings. The number of rotatable bonds is 4. The Kier molecular flexibility index (Phi) is 6.75. The van der Waals surface area contributed by atoms with Crippen molar-refractivity contribution in [2.75, 3.05) is 11.9 Å². The van der Waals surface area contributed by atoms with Gasteiger partial charge in [0.1, 0.15) is 0 Å². The molecule has 0 saturated carbocycles. The second kappa shape index (κ2) is 9.41. The van der Waals surface area contributed by atoms with Crippen molar-refractivity contribution < 1.29 is 14.3 Å². The lowest BCUT2D eigenvalue weighted by Crippen LogP contribution is -2.29. The molecule has 0 radical (unpaired) electrons. The van der Waals surface area contributed by atoms with Gasteiger partial charge >= 0.3 is 5.97 Å². The Morgan fingerprint density at radius 3 is 2.67 bits per heavy atom. The number of fused-ring (bicyclic) bond motifs is 2. The van der Waals surface area contributed by atoms with Crippen LogP contribution in [0.5, 0.6) is 0 Å². The highest BCUT2D eigenvalue weighted by molar-refractivity contribution is 14.1. The lowest BCUT2D eigenvalue weighted by Gasteiger charge is -2.35. The van der Waals surface area contributed by atoms with Crippen LogP contribution in [-0.4, -0.2) is 23.5 Å². The SMILES string of the molecule is Cc1cc(I)ccc1NC(=O)COC(=O)c1c2c(nc3ccccc13)CC[C@@H](C(C)(C)C)C2. The third kappa shape index (κ3) is 5.21. The molecule has 1 aliphatic rings. The molecular formula is C27H29IN2O3. The van der Waals surface area contributed by atoms with Crippen LogP contribution in [0.2, 0.25) is 0 Å². The number of esters is 1. The van der Waals surface area contributed by atoms with E-state index in [4.69, 9.17) is 9.72 Å². The first-order chi connectivity index (χ1) is 15.6. The van der Waals surface area contributed by atoms with E-state index in [0.717, 1.165) is 56.2 Å². The van der Waals surface area contributed by atoms with Gasteiger partial charge in [-0.05, 0) is 95.5 Å². The first-order valence-corrected chi connectivity index (χ1v) is 12.3. The molecule has 1 atom stereocenters. The number of carbonyl (C=O) groups excluding carboxylic acids is 2. The minimum absolute atomic E-state index is 0.135. The Bertz CT molecular complexity index is 1230. The Balaban J connectivity index is 1.59. The number of hydrogen-bond donors (Lipinski definition) is 1. The van der Waals surface area contributed by atoms with E-state index in [-0.39, 0.29) is 17.9 Å². The van der Waals surface area contributed by atoms with Gasteiger partial charge in [-0.15, -0.1) is 0 Å². The summed E-state index contributed by atoms with van der Waals surface area (Å²) < 4.78 is 6.64. The van der Waals surface area contributed by atoms with Crippen LogP contribution < -0.4 is 5.32 Å². The first kappa shape index (κ1) is 23.7. The summed E-state index contributed by atoms with van der Waals surface area (Å²) in [6.45, 7) is 8.33. The maximum Gasteiger partial charge on any atom is 0.339 e. The first-order valence-electron chi connectivity index (χ1n) is 11.3. The van der Waals surface area contributed by atoms with Gasteiger partial charge in [-0.25, -0.2) is 4.79 Å². The molecule has 2 aromatic carbocycles. The van der Waals surface area contributed by atoms with Crippen molar-refractivity contribution in [3.05, 3.63) is 68.4 Å². The van der Waals surface area contributed by atoms with Crippen molar-refractivity contribution in [2.45, 2.75) is 47.0 Å². The van der Waals surface area contributed by atoms with Crippen molar-refractivity contribution in [1.82, 2.24) is 4.98 Å². The van der Waals surface area contributed by atoms with E-state index in [1.165, 1.54) is 0 Å². The van der Waals surface area contributed by atoms with E-state index in [0.29, 0.717) is 11.5 Å². The molecule has 0 saturated heterocycles. The molecule has 0 bridgehead atoms. The largest absolute Gasteiger partial charge is 0.452 e. The summed E-state index contributed by atoms with van der Waals surface area (Å²) in [7, 11) is 0. The number of pyridine rings is 1. The van der Waals surface area contributed by atoms with Crippen LogP contribution in [0, 0.1) is 21.8 Å². The maximum absolute atomic E-state index is 13.3. The molecule has 1 aromatic heterocycles. The van der Waals surface area contributed by atoms with Crippen LogP contribution in [0.3, 0.4) is 0 Å². The second-order valence-electron chi connectivity index (χ2n) is 9.82. The van der Waals surface area contributed by atoms with Crippen LogP contribution in [0.1, 0.15) is 54.4 Å². The van der Waals surface area contributed by atoms with Crippen molar-refractivity contribution in [1.29, 1.82) is 0 Å². The predicted octanol–water partition coefficient (Wildman–Crippen LogP) is 6.09. The van der Waals surface area contributed by atoms with Gasteiger partial charge in [-0.2, -0.15) is 0 Å². The zero-order valence-electron chi connectivity index (χ0n) is 19.5. The number of aryl methyl sites for hydroxylation is 2. The molecule has 5 nitrogen and oxygen atoms in total. The van der Waals surface area contributed by atoms with Gasteiger partial charge in [-0.3, -0.25) is 9.78 Å². The molecule has 1 amide bonds. The third-order valence-electron chi connectivity index (χ3n) is 6.48. The summed E-state index contributed by atoms with van der Waals surface area (Å²) in [6.07, 6.45) is 2.68. The van der Waals surface area contributed by atoms with E-state index in [1.54, 1.807) is 0 Å². The summed E-state index contributed by atoms with van der Waals surface area (Å²) in [4.78, 5) is 30.7. The fraction of sp³-hybridized carbons (Fsp3) is 0.370. The summed E-state index contributed by atoms with van der Waals surface area (Å²) >= 11 is 2.23. The van der Waals surface area contributed by atoms with Crippen molar-refractivity contribution in [3.8, 4) is 0 Å². The lowest BCUT2D eigenvalue weighted by atomic mass is 9.70. The van der Waals surface area contributed by atoms with Crippen LogP contribution in [0.4, 0.5) is 5.69 Å². The monoisotopic (exact) mass is 556 g/mol. The van der Waals surface area contributed by atoms with Crippen LogP contribution in [-0.2, 0) is 22.4 Å². The number of amides is 1. The highest BCUT2D eigenvalue weighted by Crippen LogP contribution is 2.39. The highest BCUT2D eigenvalue weighted by Gasteiger charge is 2.33. The van der Waals surface area contributed by atoms with Crippen LogP contribution in [0.15, 0.2) is 42.5 Å². The topological polar surface area (TPSA) is 68.3 Å². The number of halogens is 1. The molecule has 172 valence electrons. The van der Waals surface area contributed by atoms with E-state index in [1.807, 2.05) is 49.4 Å². The number of para-hydroxylation sites is 1. The summed E-state index contributed by atoms with van der Waals surface area (Å²) in [5, 5.41) is 3.62. The Labute approximate surface area is 208 Å². The van der Waals surface area contributed by atoms with Gasteiger partial charge in [0.15, 0.2) is 6.61 Å². The molecule has 6 heteroatoms. The Hall–Kier alpha value is -2.48. The lowest BCUT2D eigenvalue weighted by molar-refractivity contribution is -0.119. The van der Waals surface area contributed by atoms with Crippen molar-refractivity contribution in [3.63, 3.8) is 0 Å². The summed E-state index contributed by atoms with van der Waals surface area (Å²) in [6, 6.07) is 13.4. The molecule has 3 aromatic rings. The van der Waals surface area contributed by atoms with Crippen molar-refractivity contribution in [2.24, 2.45) is 11.3 Å². The molecule has 0 unspecified atom stereocenters. The van der Waals surface area contributed by atoms with E-state index >= 15 is 0 Å². The number of ether oxygens (including phenoxy) is 1. The molecule has 1 N–H and O–H groups in total. The van der Waals surface area contributed by atoms with Crippen LogP contribution >= 0.6 is 22.6 Å². The molecule has 1 aliphatic carbocycles. The van der Waals surface area contributed by atoms with Gasteiger partial charge in [0.05, 0.1) is 11.1 Å². The molecule has 0 spiro atoms. The Morgan fingerprint density at radius 1 is 1.18 bits per heavy atom. The average Bonchev–Trinajstić information content (AvgIpc) is 2.76. The number of carbonyl (C=O) groups is 2. The zero-order chi connectivity index (χ0) is 23.8. The molecule has 1 heterocycles. The van der Waals surface area contributed by atoms with E-state index in [9.17, 15) is 9.59 Å². The molecule has 0 aliphatic heterocycles. The molecular weight excluding hydrogens is 527 g/mol.